The highest BCUT2D eigenvalue weighted by Crippen LogP contribution is 2.18. The molecule has 3 aromatic carbocycles. The van der Waals surface area contributed by atoms with E-state index in [0.29, 0.717) is 30.3 Å². The van der Waals surface area contributed by atoms with Crippen molar-refractivity contribution in [2.75, 3.05) is 13.7 Å². The highest BCUT2D eigenvalue weighted by Gasteiger charge is 2.09. The second-order valence-corrected chi connectivity index (χ2v) is 6.67. The normalized spacial score (nSPS) is 10.2. The van der Waals surface area contributed by atoms with Gasteiger partial charge >= 0.3 is 0 Å². The number of methoxy groups -OCH3 is 1. The Morgan fingerprint density at radius 3 is 2.13 bits per heavy atom. The zero-order valence-electron chi connectivity index (χ0n) is 17.2. The van der Waals surface area contributed by atoms with Crippen LogP contribution in [0.2, 0.25) is 0 Å². The lowest BCUT2D eigenvalue weighted by Crippen LogP contribution is -2.43. The van der Waals surface area contributed by atoms with Gasteiger partial charge < -0.3 is 14.2 Å². The molecule has 0 bridgehead atoms. The molecule has 0 spiro atoms. The summed E-state index contributed by atoms with van der Waals surface area (Å²) in [6.07, 6.45) is 0. The van der Waals surface area contributed by atoms with E-state index in [9.17, 15) is 9.59 Å². The largest absolute Gasteiger partial charge is 0.489 e. The summed E-state index contributed by atoms with van der Waals surface area (Å²) in [7, 11) is 1.58. The maximum atomic E-state index is 12.2. The first-order valence-electron chi connectivity index (χ1n) is 9.70. The molecule has 0 radical (unpaired) electrons. The van der Waals surface area contributed by atoms with Crippen molar-refractivity contribution in [3.8, 4) is 11.5 Å². The van der Waals surface area contributed by atoms with Crippen molar-refractivity contribution in [1.82, 2.24) is 10.9 Å². The van der Waals surface area contributed by atoms with Gasteiger partial charge in [0.15, 0.2) is 6.61 Å². The minimum Gasteiger partial charge on any atom is -0.489 e. The van der Waals surface area contributed by atoms with Crippen LogP contribution in [0.25, 0.3) is 0 Å². The molecule has 0 aliphatic rings. The third-order valence-electron chi connectivity index (χ3n) is 4.26. The van der Waals surface area contributed by atoms with Crippen molar-refractivity contribution in [2.45, 2.75) is 13.2 Å². The van der Waals surface area contributed by atoms with Gasteiger partial charge in [-0.3, -0.25) is 20.4 Å². The summed E-state index contributed by atoms with van der Waals surface area (Å²) in [5, 5.41) is 0. The summed E-state index contributed by atoms with van der Waals surface area (Å²) < 4.78 is 16.2. The Balaban J connectivity index is 1.40. The van der Waals surface area contributed by atoms with Crippen molar-refractivity contribution in [3.05, 3.63) is 95.6 Å². The molecule has 0 atom stereocenters. The van der Waals surface area contributed by atoms with Crippen molar-refractivity contribution >= 4 is 11.8 Å². The number of carbonyl (C=O) groups is 2. The second kappa shape index (κ2) is 11.4. The number of nitrogens with one attached hydrogen (secondary N) is 2. The van der Waals surface area contributed by atoms with E-state index in [1.54, 1.807) is 49.6 Å². The lowest BCUT2D eigenvalue weighted by atomic mass is 10.1. The Bertz CT molecular complexity index is 990. The smallest absolute Gasteiger partial charge is 0.276 e. The summed E-state index contributed by atoms with van der Waals surface area (Å²) in [6.45, 7) is 0.628. The van der Waals surface area contributed by atoms with Crippen molar-refractivity contribution in [2.24, 2.45) is 0 Å². The molecule has 7 heteroatoms. The number of hydrogen-bond acceptors (Lipinski definition) is 5. The number of benzene rings is 3. The van der Waals surface area contributed by atoms with Gasteiger partial charge in [-0.1, -0.05) is 42.5 Å². The number of amides is 2. The predicted octanol–water partition coefficient (Wildman–Crippen LogP) is 3.25. The fourth-order valence-electron chi connectivity index (χ4n) is 2.73. The summed E-state index contributed by atoms with van der Waals surface area (Å²) >= 11 is 0. The van der Waals surface area contributed by atoms with Crippen molar-refractivity contribution < 1.29 is 23.8 Å². The summed E-state index contributed by atoms with van der Waals surface area (Å²) in [6, 6.07) is 23.8. The molecule has 0 saturated carbocycles. The number of carbonyl (C=O) groups excluding carboxylic acids is 2. The third kappa shape index (κ3) is 7.17. The van der Waals surface area contributed by atoms with Crippen LogP contribution >= 0.6 is 0 Å². The van der Waals surface area contributed by atoms with Gasteiger partial charge in [0.05, 0.1) is 6.61 Å². The number of hydrazine groups is 1. The minimum atomic E-state index is -0.481. The SMILES string of the molecule is COCc1cccc(C(=O)NNC(=O)COc2ccc(OCc3ccccc3)cc2)c1. The molecule has 0 aliphatic heterocycles. The maximum Gasteiger partial charge on any atom is 0.276 e. The molecule has 31 heavy (non-hydrogen) atoms. The fraction of sp³-hybridized carbons (Fsp3) is 0.167. The molecule has 2 amide bonds. The molecule has 0 saturated heterocycles. The Labute approximate surface area is 180 Å². The minimum absolute atomic E-state index is 0.242. The van der Waals surface area contributed by atoms with Crippen LogP contribution in [0, 0.1) is 0 Å². The zero-order chi connectivity index (χ0) is 21.9. The first-order valence-corrected chi connectivity index (χ1v) is 9.70. The van der Waals surface area contributed by atoms with Crippen LogP contribution in [-0.4, -0.2) is 25.5 Å². The summed E-state index contributed by atoms with van der Waals surface area (Å²) in [5.74, 6) is 0.307. The van der Waals surface area contributed by atoms with Crippen LogP contribution in [0.3, 0.4) is 0 Å². The van der Waals surface area contributed by atoms with Gasteiger partial charge in [-0.15, -0.1) is 0 Å². The Morgan fingerprint density at radius 2 is 1.42 bits per heavy atom. The quantitative estimate of drug-likeness (QED) is 0.519. The number of rotatable bonds is 9. The fourth-order valence-corrected chi connectivity index (χ4v) is 2.73. The molecule has 7 nitrogen and oxygen atoms in total. The number of hydrogen-bond donors (Lipinski definition) is 2. The molecule has 3 rings (SSSR count). The maximum absolute atomic E-state index is 12.2. The van der Waals surface area contributed by atoms with Gasteiger partial charge in [0.25, 0.3) is 11.8 Å². The van der Waals surface area contributed by atoms with E-state index >= 15 is 0 Å². The predicted molar refractivity (Wildman–Crippen MR) is 115 cm³/mol. The number of ether oxygens (including phenoxy) is 3. The molecular weight excluding hydrogens is 396 g/mol. The van der Waals surface area contributed by atoms with Gasteiger partial charge in [0.1, 0.15) is 18.1 Å². The molecule has 0 heterocycles. The van der Waals surface area contributed by atoms with E-state index in [4.69, 9.17) is 14.2 Å². The van der Waals surface area contributed by atoms with Crippen LogP contribution in [0.4, 0.5) is 0 Å². The van der Waals surface area contributed by atoms with E-state index < -0.39 is 11.8 Å². The van der Waals surface area contributed by atoms with Crippen molar-refractivity contribution in [1.29, 1.82) is 0 Å². The Hall–Kier alpha value is -3.84. The molecule has 2 N–H and O–H groups in total. The van der Waals surface area contributed by atoms with Gasteiger partial charge in [-0.2, -0.15) is 0 Å². The molecule has 0 unspecified atom stereocenters. The highest BCUT2D eigenvalue weighted by atomic mass is 16.5. The van der Waals surface area contributed by atoms with E-state index in [0.717, 1.165) is 11.1 Å². The molecule has 0 fully saturated rings. The zero-order valence-corrected chi connectivity index (χ0v) is 17.2. The van der Waals surface area contributed by atoms with Crippen molar-refractivity contribution in [3.63, 3.8) is 0 Å². The van der Waals surface area contributed by atoms with Crippen LogP contribution in [0.15, 0.2) is 78.9 Å². The first-order chi connectivity index (χ1) is 15.1. The highest BCUT2D eigenvalue weighted by molar-refractivity contribution is 5.95. The molecule has 3 aromatic rings. The van der Waals surface area contributed by atoms with E-state index in [-0.39, 0.29) is 6.61 Å². The van der Waals surface area contributed by atoms with E-state index in [1.165, 1.54) is 0 Å². The molecular formula is C24H24N2O5. The van der Waals surface area contributed by atoms with Gasteiger partial charge in [-0.25, -0.2) is 0 Å². The topological polar surface area (TPSA) is 85.9 Å². The van der Waals surface area contributed by atoms with Crippen LogP contribution in [-0.2, 0) is 22.7 Å². The standard InChI is InChI=1S/C24H24N2O5/c1-29-15-19-8-5-9-20(14-19)24(28)26-25-23(27)17-31-22-12-10-21(11-13-22)30-16-18-6-3-2-4-7-18/h2-14H,15-17H2,1H3,(H,25,27)(H,26,28). The Morgan fingerprint density at radius 1 is 0.742 bits per heavy atom. The van der Waals surface area contributed by atoms with Gasteiger partial charge in [0.2, 0.25) is 0 Å². The summed E-state index contributed by atoms with van der Waals surface area (Å²) in [4.78, 5) is 24.1. The molecule has 160 valence electrons. The summed E-state index contributed by atoms with van der Waals surface area (Å²) in [5.41, 5.74) is 7.06. The van der Waals surface area contributed by atoms with Crippen LogP contribution in [0.1, 0.15) is 21.5 Å². The lowest BCUT2D eigenvalue weighted by Gasteiger charge is -2.10. The average molecular weight is 420 g/mol. The molecule has 0 aromatic heterocycles. The average Bonchev–Trinajstić information content (AvgIpc) is 2.81. The van der Waals surface area contributed by atoms with Crippen LogP contribution in [0.5, 0.6) is 11.5 Å². The molecule has 0 aliphatic carbocycles. The third-order valence-corrected chi connectivity index (χ3v) is 4.26. The lowest BCUT2D eigenvalue weighted by molar-refractivity contribution is -0.123. The monoisotopic (exact) mass is 420 g/mol. The van der Waals surface area contributed by atoms with E-state index in [2.05, 4.69) is 10.9 Å². The Kier molecular flexibility index (Phi) is 8.02. The van der Waals surface area contributed by atoms with Gasteiger partial charge in [0, 0.05) is 12.7 Å². The van der Waals surface area contributed by atoms with E-state index in [1.807, 2.05) is 36.4 Å². The van der Waals surface area contributed by atoms with Crippen LogP contribution < -0.4 is 20.3 Å². The second-order valence-electron chi connectivity index (χ2n) is 6.67. The van der Waals surface area contributed by atoms with Gasteiger partial charge in [-0.05, 0) is 47.5 Å². The first kappa shape index (κ1) is 21.9.